The number of fused-ring (bicyclic) bond motifs is 2. The van der Waals surface area contributed by atoms with Crippen LogP contribution in [0.1, 0.15) is 5.56 Å². The highest BCUT2D eigenvalue weighted by Gasteiger charge is 2.53. The molecule has 4 rings (SSSR count). The van der Waals surface area contributed by atoms with Gasteiger partial charge in [-0.15, -0.1) is 0 Å². The molecule has 152 valence electrons. The first-order valence-electron chi connectivity index (χ1n) is 8.43. The number of aryl methyl sites for hydroxylation is 1. The molecule has 0 aliphatic carbocycles. The Kier molecular flexibility index (Phi) is 4.97. The van der Waals surface area contributed by atoms with Crippen LogP contribution in [-0.4, -0.2) is 13.9 Å². The van der Waals surface area contributed by atoms with Gasteiger partial charge in [0.15, 0.2) is 0 Å². The zero-order valence-electron chi connectivity index (χ0n) is 15.0. The molecule has 0 amide bonds. The molecule has 9 heteroatoms. The molecule has 0 spiro atoms. The van der Waals surface area contributed by atoms with Gasteiger partial charge in [-0.05, 0) is 53.6 Å². The third-order valence-corrected chi connectivity index (χ3v) is 10.8. The van der Waals surface area contributed by atoms with Crippen molar-refractivity contribution in [1.29, 1.82) is 0 Å². The van der Waals surface area contributed by atoms with E-state index in [0.717, 1.165) is 5.56 Å². The minimum Gasteiger partial charge on any atom is -0.200 e. The second kappa shape index (κ2) is 7.09. The number of rotatable bonds is 3. The Morgan fingerprint density at radius 3 is 1.79 bits per heavy atom. The average molecular weight is 457 g/mol. The number of halogens is 3. The topological polar surface area (TPSA) is 43.4 Å². The van der Waals surface area contributed by atoms with E-state index in [1.807, 2.05) is 6.92 Å². The molecule has 0 saturated heterocycles. The number of alkyl halides is 3. The maximum absolute atomic E-state index is 13.4. The zero-order valence-corrected chi connectivity index (χ0v) is 17.5. The van der Waals surface area contributed by atoms with Gasteiger partial charge in [-0.1, -0.05) is 53.7 Å². The Bertz CT molecular complexity index is 1130. The molecule has 1 aliphatic heterocycles. The van der Waals surface area contributed by atoms with Gasteiger partial charge in [0.25, 0.3) is 0 Å². The van der Waals surface area contributed by atoms with Crippen molar-refractivity contribution in [1.82, 2.24) is 0 Å². The van der Waals surface area contributed by atoms with Gasteiger partial charge in [0, 0.05) is 24.5 Å². The Labute approximate surface area is 172 Å². The lowest BCUT2D eigenvalue weighted by Gasteiger charge is -2.43. The van der Waals surface area contributed by atoms with Crippen LogP contribution in [0.15, 0.2) is 97.3 Å². The van der Waals surface area contributed by atoms with Gasteiger partial charge < -0.3 is 0 Å². The SMILES string of the molecule is Cc1ccc(S2(OS(=O)(=O)C(F)(F)F)c3ccccc3Sc3ccccc32)cc1. The molecule has 0 radical (unpaired) electrons. The van der Waals surface area contributed by atoms with E-state index in [-0.39, 0.29) is 0 Å². The predicted molar refractivity (Wildman–Crippen MR) is 107 cm³/mol. The molecule has 0 N–H and O–H groups in total. The molecule has 0 saturated carbocycles. The van der Waals surface area contributed by atoms with Gasteiger partial charge in [0.05, 0.1) is 0 Å². The second-order valence-corrected chi connectivity index (χ2v) is 11.8. The summed E-state index contributed by atoms with van der Waals surface area (Å²) in [7, 11) is -9.05. The predicted octanol–water partition coefficient (Wildman–Crippen LogP) is 6.52. The summed E-state index contributed by atoms with van der Waals surface area (Å²) in [6.45, 7) is 1.84. The summed E-state index contributed by atoms with van der Waals surface area (Å²) in [4.78, 5) is 2.58. The molecule has 0 atom stereocenters. The maximum Gasteiger partial charge on any atom is 0.524 e. The second-order valence-electron chi connectivity index (χ2n) is 6.33. The lowest BCUT2D eigenvalue weighted by molar-refractivity contribution is -0.0496. The molecule has 0 bridgehead atoms. The Balaban J connectivity index is 2.10. The van der Waals surface area contributed by atoms with Gasteiger partial charge in [-0.25, -0.2) is 0 Å². The van der Waals surface area contributed by atoms with Crippen molar-refractivity contribution in [3.05, 3.63) is 78.4 Å². The van der Waals surface area contributed by atoms with Gasteiger partial charge in [-0.3, -0.25) is 0 Å². The number of benzene rings is 3. The monoisotopic (exact) mass is 456 g/mol. The molecule has 0 unspecified atom stereocenters. The molecular weight excluding hydrogens is 441 g/mol. The van der Waals surface area contributed by atoms with Crippen LogP contribution in [0.25, 0.3) is 0 Å². The minimum atomic E-state index is -5.87. The van der Waals surface area contributed by atoms with E-state index >= 15 is 0 Å². The van der Waals surface area contributed by atoms with Gasteiger partial charge in [0.2, 0.25) is 0 Å². The molecular formula is C20H15F3O3S3. The van der Waals surface area contributed by atoms with E-state index < -0.39 is 25.9 Å². The molecule has 29 heavy (non-hydrogen) atoms. The fraction of sp³-hybridized carbons (Fsp3) is 0.100. The van der Waals surface area contributed by atoms with Crippen LogP contribution in [0.4, 0.5) is 13.2 Å². The van der Waals surface area contributed by atoms with Crippen LogP contribution in [0.3, 0.4) is 0 Å². The normalized spacial score (nSPS) is 16.6. The summed E-state index contributed by atoms with van der Waals surface area (Å²) in [5, 5.41) is 0. The third kappa shape index (κ3) is 3.35. The van der Waals surface area contributed by atoms with E-state index in [1.165, 1.54) is 11.8 Å². The van der Waals surface area contributed by atoms with Gasteiger partial charge in [0.1, 0.15) is 0 Å². The van der Waals surface area contributed by atoms with E-state index in [1.54, 1.807) is 72.8 Å². The summed E-state index contributed by atoms with van der Waals surface area (Å²) in [5.41, 5.74) is -4.64. The summed E-state index contributed by atoms with van der Waals surface area (Å²) in [6, 6.07) is 20.4. The third-order valence-electron chi connectivity index (χ3n) is 4.37. The minimum absolute atomic E-state index is 0.385. The number of hydrogen-bond acceptors (Lipinski definition) is 4. The Morgan fingerprint density at radius 2 is 1.31 bits per heavy atom. The standard InChI is InChI=1S/C20H15F3O3S3/c1-14-10-12-15(13-11-14)28(26-29(24,25)20(21,22)23)18-8-4-2-6-16(18)27-17-7-3-5-9-19(17)28/h2-13H,1H3. The first-order valence-corrected chi connectivity index (χ1v) is 12.2. The van der Waals surface area contributed by atoms with Crippen LogP contribution in [-0.2, 0) is 13.7 Å². The molecule has 3 aromatic rings. The lowest BCUT2D eigenvalue weighted by atomic mass is 10.2. The van der Waals surface area contributed by atoms with Crippen molar-refractivity contribution >= 4 is 32.2 Å². The van der Waals surface area contributed by atoms with Gasteiger partial charge >= 0.3 is 15.6 Å². The van der Waals surface area contributed by atoms with Crippen molar-refractivity contribution < 1.29 is 25.2 Å². The number of hydrogen-bond donors (Lipinski definition) is 0. The first kappa shape index (κ1) is 20.3. The molecule has 1 aliphatic rings. The van der Waals surface area contributed by atoms with Crippen molar-refractivity contribution in [2.75, 3.05) is 0 Å². The summed E-state index contributed by atoms with van der Waals surface area (Å²) >= 11 is 1.38. The van der Waals surface area contributed by atoms with Crippen LogP contribution >= 0.6 is 22.1 Å². The van der Waals surface area contributed by atoms with Crippen LogP contribution < -0.4 is 0 Å². The average Bonchev–Trinajstić information content (AvgIpc) is 2.67. The summed E-state index contributed by atoms with van der Waals surface area (Å²) in [6.07, 6.45) is 0. The zero-order chi connectivity index (χ0) is 20.9. The van der Waals surface area contributed by atoms with Crippen LogP contribution in [0.5, 0.6) is 0 Å². The van der Waals surface area contributed by atoms with E-state index in [4.69, 9.17) is 3.63 Å². The molecule has 3 nitrogen and oxygen atoms in total. The highest BCUT2D eigenvalue weighted by Crippen LogP contribution is 2.76. The van der Waals surface area contributed by atoms with Crippen molar-refractivity contribution in [3.63, 3.8) is 0 Å². The summed E-state index contributed by atoms with van der Waals surface area (Å²) in [5.74, 6) is 0. The smallest absolute Gasteiger partial charge is 0.200 e. The van der Waals surface area contributed by atoms with E-state index in [2.05, 4.69) is 0 Å². The fourth-order valence-electron chi connectivity index (χ4n) is 3.05. The fourth-order valence-corrected chi connectivity index (χ4v) is 9.66. The van der Waals surface area contributed by atoms with E-state index in [9.17, 15) is 21.6 Å². The largest absolute Gasteiger partial charge is 0.524 e. The van der Waals surface area contributed by atoms with Crippen LogP contribution in [0, 0.1) is 6.92 Å². The lowest BCUT2D eigenvalue weighted by Crippen LogP contribution is -2.28. The molecule has 1 heterocycles. The van der Waals surface area contributed by atoms with Gasteiger partial charge in [-0.2, -0.15) is 25.2 Å². The first-order chi connectivity index (χ1) is 13.6. The van der Waals surface area contributed by atoms with Crippen LogP contribution in [0.2, 0.25) is 0 Å². The summed E-state index contributed by atoms with van der Waals surface area (Å²) < 4.78 is 69.9. The maximum atomic E-state index is 13.4. The highest BCUT2D eigenvalue weighted by molar-refractivity contribution is 8.33. The van der Waals surface area contributed by atoms with Crippen molar-refractivity contribution in [3.8, 4) is 0 Å². The van der Waals surface area contributed by atoms with Crippen molar-refractivity contribution in [2.45, 2.75) is 36.9 Å². The Morgan fingerprint density at radius 1 is 0.828 bits per heavy atom. The Hall–Kier alpha value is -1.94. The molecule has 0 fully saturated rings. The van der Waals surface area contributed by atoms with E-state index in [0.29, 0.717) is 24.5 Å². The van der Waals surface area contributed by atoms with Crippen molar-refractivity contribution in [2.24, 2.45) is 0 Å². The molecule has 3 aromatic carbocycles. The highest BCUT2D eigenvalue weighted by atomic mass is 32.3. The quantitative estimate of drug-likeness (QED) is 0.421. The molecule has 0 aromatic heterocycles.